The Morgan fingerprint density at radius 1 is 1.24 bits per heavy atom. The lowest BCUT2D eigenvalue weighted by atomic mass is 9.79. The summed E-state index contributed by atoms with van der Waals surface area (Å²) in [6, 6.07) is 5.91. The third kappa shape index (κ3) is 3.05. The summed E-state index contributed by atoms with van der Waals surface area (Å²) in [7, 11) is 0.923. The highest BCUT2D eigenvalue weighted by Gasteiger charge is 2.30. The summed E-state index contributed by atoms with van der Waals surface area (Å²) in [6.07, 6.45) is 4.19. The molecule has 1 N–H and O–H groups in total. The van der Waals surface area contributed by atoms with Crippen LogP contribution in [0.15, 0.2) is 30.6 Å². The van der Waals surface area contributed by atoms with Gasteiger partial charge < -0.3 is 23.9 Å². The van der Waals surface area contributed by atoms with Crippen molar-refractivity contribution in [3.63, 3.8) is 0 Å². The van der Waals surface area contributed by atoms with Crippen molar-refractivity contribution in [3.8, 4) is 28.4 Å². The summed E-state index contributed by atoms with van der Waals surface area (Å²) in [5.74, 6) is 2.11. The zero-order valence-corrected chi connectivity index (χ0v) is 14.3. The predicted molar refractivity (Wildman–Crippen MR) is 93.3 cm³/mol. The summed E-state index contributed by atoms with van der Waals surface area (Å²) in [5.41, 5.74) is 2.90. The average Bonchev–Trinajstić information content (AvgIpc) is 3.07. The zero-order chi connectivity index (χ0) is 17.4. The van der Waals surface area contributed by atoms with E-state index in [1.807, 2.05) is 25.3 Å². The second-order valence-electron chi connectivity index (χ2n) is 6.44. The van der Waals surface area contributed by atoms with E-state index < -0.39 is 7.12 Å². The first-order chi connectivity index (χ1) is 12.2. The Kier molecular flexibility index (Phi) is 4.27. The molecule has 3 heterocycles. The first-order valence-corrected chi connectivity index (χ1v) is 8.41. The van der Waals surface area contributed by atoms with Crippen LogP contribution in [0.25, 0.3) is 11.1 Å². The van der Waals surface area contributed by atoms with Crippen LogP contribution in [0.3, 0.4) is 0 Å². The van der Waals surface area contributed by atoms with Crippen LogP contribution in [0, 0.1) is 0 Å². The van der Waals surface area contributed by atoms with E-state index in [0.29, 0.717) is 36.8 Å². The van der Waals surface area contributed by atoms with Gasteiger partial charge >= 0.3 is 7.12 Å². The zero-order valence-electron chi connectivity index (χ0n) is 14.3. The number of ether oxygens (including phenoxy) is 3. The van der Waals surface area contributed by atoms with Gasteiger partial charge in [-0.1, -0.05) is 0 Å². The highest BCUT2D eigenvalue weighted by Crippen LogP contribution is 2.47. The number of hydrogen-bond acceptors (Lipinski definition) is 6. The fourth-order valence-electron chi connectivity index (χ4n) is 3.29. The van der Waals surface area contributed by atoms with E-state index in [0.717, 1.165) is 16.7 Å². The largest absolute Gasteiger partial charge is 0.493 e. The minimum absolute atomic E-state index is 0.0294. The van der Waals surface area contributed by atoms with Crippen LogP contribution in [-0.4, -0.2) is 43.6 Å². The van der Waals surface area contributed by atoms with Crippen LogP contribution in [0.2, 0.25) is 6.32 Å². The minimum Gasteiger partial charge on any atom is -0.493 e. The quantitative estimate of drug-likeness (QED) is 0.865. The first-order valence-electron chi connectivity index (χ1n) is 8.41. The maximum Gasteiger partial charge on any atom is 0.454 e. The standard InChI is InChI=1S/C18H20BNO5/c1-11-9-23-17-15(3-4-16(22-2)18(17)25-11)13-5-12(7-20-8-13)14-6-19(21)24-10-14/h3-5,7-8,11,14,21H,6,9-10H2,1-2H3/t11?,14-/m0/s1. The summed E-state index contributed by atoms with van der Waals surface area (Å²) in [5, 5.41) is 9.59. The van der Waals surface area contributed by atoms with Crippen LogP contribution in [0.4, 0.5) is 0 Å². The lowest BCUT2D eigenvalue weighted by Crippen LogP contribution is -2.26. The topological polar surface area (TPSA) is 70.0 Å². The lowest BCUT2D eigenvalue weighted by molar-refractivity contribution is 0.100. The summed E-state index contributed by atoms with van der Waals surface area (Å²) >= 11 is 0. The monoisotopic (exact) mass is 341 g/mol. The molecule has 0 radical (unpaired) electrons. The Labute approximate surface area is 146 Å². The van der Waals surface area contributed by atoms with Gasteiger partial charge in [0.05, 0.1) is 7.11 Å². The van der Waals surface area contributed by atoms with Crippen LogP contribution in [0.1, 0.15) is 18.4 Å². The van der Waals surface area contributed by atoms with Gasteiger partial charge in [0.15, 0.2) is 11.5 Å². The molecule has 1 unspecified atom stereocenters. The molecule has 0 bridgehead atoms. The number of rotatable bonds is 3. The average molecular weight is 341 g/mol. The van der Waals surface area contributed by atoms with Gasteiger partial charge in [-0.25, -0.2) is 0 Å². The third-order valence-corrected chi connectivity index (χ3v) is 4.60. The molecule has 0 aliphatic carbocycles. The van der Waals surface area contributed by atoms with Crippen molar-refractivity contribution in [2.45, 2.75) is 25.3 Å². The third-order valence-electron chi connectivity index (χ3n) is 4.60. The minimum atomic E-state index is -0.694. The number of nitrogens with zero attached hydrogens (tertiary/aromatic N) is 1. The van der Waals surface area contributed by atoms with Crippen LogP contribution >= 0.6 is 0 Å². The Morgan fingerprint density at radius 2 is 2.12 bits per heavy atom. The van der Waals surface area contributed by atoms with Gasteiger partial charge in [-0.2, -0.15) is 0 Å². The molecule has 2 atom stereocenters. The number of fused-ring (bicyclic) bond motifs is 1. The van der Waals surface area contributed by atoms with E-state index in [-0.39, 0.29) is 12.0 Å². The molecule has 1 aromatic carbocycles. The maximum atomic E-state index is 9.59. The molecule has 130 valence electrons. The van der Waals surface area contributed by atoms with Gasteiger partial charge in [0.25, 0.3) is 0 Å². The van der Waals surface area contributed by atoms with Crippen molar-refractivity contribution >= 4 is 7.12 Å². The molecule has 1 aromatic heterocycles. The van der Waals surface area contributed by atoms with Crippen molar-refractivity contribution in [2.24, 2.45) is 0 Å². The van der Waals surface area contributed by atoms with Crippen LogP contribution in [-0.2, 0) is 4.65 Å². The van der Waals surface area contributed by atoms with E-state index in [9.17, 15) is 5.02 Å². The normalized spacial score (nSPS) is 22.1. The molecule has 4 rings (SSSR count). The molecule has 25 heavy (non-hydrogen) atoms. The van der Waals surface area contributed by atoms with Gasteiger partial charge in [-0.05, 0) is 37.0 Å². The Bertz CT molecular complexity index is 784. The van der Waals surface area contributed by atoms with E-state index in [1.165, 1.54) is 0 Å². The number of methoxy groups -OCH3 is 1. The molecule has 7 heteroatoms. The van der Waals surface area contributed by atoms with E-state index in [2.05, 4.69) is 11.1 Å². The van der Waals surface area contributed by atoms with Crippen molar-refractivity contribution in [1.29, 1.82) is 0 Å². The highest BCUT2D eigenvalue weighted by atomic mass is 16.6. The fourth-order valence-corrected chi connectivity index (χ4v) is 3.29. The van der Waals surface area contributed by atoms with Crippen LogP contribution < -0.4 is 14.2 Å². The summed E-state index contributed by atoms with van der Waals surface area (Å²) in [4.78, 5) is 4.37. The van der Waals surface area contributed by atoms with E-state index in [1.54, 1.807) is 13.3 Å². The molecule has 0 saturated carbocycles. The number of aromatic nitrogens is 1. The number of pyridine rings is 1. The molecular weight excluding hydrogens is 321 g/mol. The molecule has 1 fully saturated rings. The Morgan fingerprint density at radius 3 is 2.88 bits per heavy atom. The van der Waals surface area contributed by atoms with Gasteiger partial charge in [0.2, 0.25) is 5.75 Å². The molecule has 0 amide bonds. The van der Waals surface area contributed by atoms with Crippen molar-refractivity contribution in [2.75, 3.05) is 20.3 Å². The fraction of sp³-hybridized carbons (Fsp3) is 0.389. The van der Waals surface area contributed by atoms with Crippen molar-refractivity contribution in [3.05, 3.63) is 36.2 Å². The summed E-state index contributed by atoms with van der Waals surface area (Å²) in [6.45, 7) is 2.95. The van der Waals surface area contributed by atoms with Gasteiger partial charge in [0, 0.05) is 36.0 Å². The molecule has 0 spiro atoms. The SMILES string of the molecule is COc1ccc(-c2cncc([C@@H]3COB(O)C3)c2)c2c1OC(C)CO2. The van der Waals surface area contributed by atoms with Gasteiger partial charge in [-0.3, -0.25) is 4.98 Å². The second-order valence-corrected chi connectivity index (χ2v) is 6.44. The first kappa shape index (κ1) is 16.2. The van der Waals surface area contributed by atoms with E-state index >= 15 is 0 Å². The van der Waals surface area contributed by atoms with Crippen LogP contribution in [0.5, 0.6) is 17.2 Å². The van der Waals surface area contributed by atoms with Gasteiger partial charge in [-0.15, -0.1) is 0 Å². The smallest absolute Gasteiger partial charge is 0.454 e. The predicted octanol–water partition coefficient (Wildman–Crippen LogP) is 2.51. The van der Waals surface area contributed by atoms with Crippen molar-refractivity contribution in [1.82, 2.24) is 4.98 Å². The number of benzene rings is 1. The molecule has 2 aliphatic rings. The molecule has 1 saturated heterocycles. The molecule has 2 aliphatic heterocycles. The number of hydrogen-bond donors (Lipinski definition) is 1. The Hall–Kier alpha value is -2.25. The second kappa shape index (κ2) is 6.57. The molecular formula is C18H20BNO5. The lowest BCUT2D eigenvalue weighted by Gasteiger charge is -2.27. The maximum absolute atomic E-state index is 9.59. The molecule has 6 nitrogen and oxygen atoms in total. The van der Waals surface area contributed by atoms with Gasteiger partial charge in [0.1, 0.15) is 12.7 Å². The van der Waals surface area contributed by atoms with E-state index in [4.69, 9.17) is 18.9 Å². The Balaban J connectivity index is 1.74. The van der Waals surface area contributed by atoms with Crippen molar-refractivity contribution < 1.29 is 23.9 Å². The summed E-state index contributed by atoms with van der Waals surface area (Å²) < 4.78 is 22.6. The highest BCUT2D eigenvalue weighted by molar-refractivity contribution is 6.43. The molecule has 2 aromatic rings.